The molecule has 5 heteroatoms. The van der Waals surface area contributed by atoms with Gasteiger partial charge in [-0.1, -0.05) is 12.5 Å². The maximum absolute atomic E-state index is 14.6. The quantitative estimate of drug-likeness (QED) is 0.754. The minimum Gasteiger partial charge on any atom is -0.454 e. The molecule has 1 saturated heterocycles. The Morgan fingerprint density at radius 3 is 2.41 bits per heavy atom. The van der Waals surface area contributed by atoms with Gasteiger partial charge in [0.15, 0.2) is 11.6 Å². The molecule has 29 heavy (non-hydrogen) atoms. The van der Waals surface area contributed by atoms with E-state index < -0.39 is 5.82 Å². The van der Waals surface area contributed by atoms with Crippen LogP contribution in [0.15, 0.2) is 36.4 Å². The van der Waals surface area contributed by atoms with Crippen LogP contribution in [0.1, 0.15) is 43.2 Å². The molecule has 0 radical (unpaired) electrons. The number of benzene rings is 2. The van der Waals surface area contributed by atoms with Crippen molar-refractivity contribution in [3.63, 3.8) is 0 Å². The van der Waals surface area contributed by atoms with E-state index in [4.69, 9.17) is 4.74 Å². The Hall–Kier alpha value is -2.40. The predicted molar refractivity (Wildman–Crippen MR) is 111 cm³/mol. The lowest BCUT2D eigenvalue weighted by Crippen LogP contribution is -2.41. The van der Waals surface area contributed by atoms with Gasteiger partial charge in [-0.05, 0) is 67.5 Å². The highest BCUT2D eigenvalue weighted by Crippen LogP contribution is 2.32. The van der Waals surface area contributed by atoms with Gasteiger partial charge in [-0.3, -0.25) is 9.69 Å². The Morgan fingerprint density at radius 2 is 1.72 bits per heavy atom. The molecule has 5 rings (SSSR count). The second-order valence-electron chi connectivity index (χ2n) is 8.42. The molecule has 0 unspecified atom stereocenters. The van der Waals surface area contributed by atoms with Gasteiger partial charge in [0, 0.05) is 43.9 Å². The van der Waals surface area contributed by atoms with Crippen molar-refractivity contribution in [1.82, 2.24) is 4.90 Å². The van der Waals surface area contributed by atoms with Crippen LogP contribution in [0, 0.1) is 5.82 Å². The van der Waals surface area contributed by atoms with Gasteiger partial charge in [-0.15, -0.1) is 0 Å². The van der Waals surface area contributed by atoms with Crippen LogP contribution in [0.3, 0.4) is 0 Å². The molecule has 2 aromatic carbocycles. The maximum atomic E-state index is 14.6. The summed E-state index contributed by atoms with van der Waals surface area (Å²) in [6.45, 7) is 2.87. The van der Waals surface area contributed by atoms with Gasteiger partial charge >= 0.3 is 0 Å². The number of nitrogens with zero attached hydrogens (tertiary/aromatic N) is 2. The minimum atomic E-state index is -0.437. The third-order valence-electron chi connectivity index (χ3n) is 6.63. The molecule has 3 aliphatic rings. The smallest absolute Gasteiger partial charge is 0.227 e. The standard InChI is InChI=1S/C24H27FN2O2/c25-22-16-20(27-12-2-5-24(27)28)7-9-23(22)29-21-8-6-17-10-13-26(19-3-1-4-19)14-11-18(17)15-21/h6-9,15-16,19H,1-5,10-14H2. The predicted octanol–water partition coefficient (Wildman–Crippen LogP) is 4.70. The monoisotopic (exact) mass is 394 g/mol. The summed E-state index contributed by atoms with van der Waals surface area (Å²) in [7, 11) is 0. The molecule has 4 nitrogen and oxygen atoms in total. The second kappa shape index (κ2) is 7.79. The van der Waals surface area contributed by atoms with Gasteiger partial charge in [0.1, 0.15) is 5.75 Å². The number of hydrogen-bond acceptors (Lipinski definition) is 3. The Balaban J connectivity index is 1.30. The van der Waals surface area contributed by atoms with E-state index in [1.54, 1.807) is 17.0 Å². The second-order valence-corrected chi connectivity index (χ2v) is 8.42. The van der Waals surface area contributed by atoms with E-state index in [0.717, 1.165) is 38.4 Å². The fourth-order valence-electron chi connectivity index (χ4n) is 4.69. The van der Waals surface area contributed by atoms with Crippen LogP contribution in [-0.4, -0.2) is 36.5 Å². The van der Waals surface area contributed by atoms with Crippen molar-refractivity contribution < 1.29 is 13.9 Å². The summed E-state index contributed by atoms with van der Waals surface area (Å²) in [6, 6.07) is 11.7. The molecule has 0 atom stereocenters. The molecule has 0 N–H and O–H groups in total. The number of carbonyl (C=O) groups is 1. The molecule has 0 spiro atoms. The number of ether oxygens (including phenoxy) is 1. The van der Waals surface area contributed by atoms with E-state index in [1.807, 2.05) is 6.07 Å². The molecule has 1 aliphatic carbocycles. The number of amides is 1. The number of hydrogen-bond donors (Lipinski definition) is 0. The van der Waals surface area contributed by atoms with Crippen LogP contribution in [0.5, 0.6) is 11.5 Å². The highest BCUT2D eigenvalue weighted by Gasteiger charge is 2.26. The number of anilines is 1. The Bertz CT molecular complexity index is 925. The first-order valence-corrected chi connectivity index (χ1v) is 10.8. The molecule has 2 fully saturated rings. The van der Waals surface area contributed by atoms with Crippen LogP contribution in [-0.2, 0) is 17.6 Å². The summed E-state index contributed by atoms with van der Waals surface area (Å²) in [5.74, 6) is 0.489. The van der Waals surface area contributed by atoms with E-state index >= 15 is 0 Å². The van der Waals surface area contributed by atoms with E-state index in [1.165, 1.54) is 36.5 Å². The van der Waals surface area contributed by atoms with Crippen LogP contribution >= 0.6 is 0 Å². The summed E-state index contributed by atoms with van der Waals surface area (Å²) < 4.78 is 20.5. The van der Waals surface area contributed by atoms with Gasteiger partial charge in [-0.25, -0.2) is 4.39 Å². The zero-order chi connectivity index (χ0) is 19.8. The minimum absolute atomic E-state index is 0.0553. The zero-order valence-corrected chi connectivity index (χ0v) is 16.7. The number of halogens is 1. The number of fused-ring (bicyclic) bond motifs is 1. The van der Waals surface area contributed by atoms with Crippen LogP contribution in [0.25, 0.3) is 0 Å². The van der Waals surface area contributed by atoms with Crippen molar-refractivity contribution in [2.45, 2.75) is 51.0 Å². The van der Waals surface area contributed by atoms with Crippen LogP contribution < -0.4 is 9.64 Å². The molecule has 0 bridgehead atoms. The number of carbonyl (C=O) groups excluding carboxylic acids is 1. The third-order valence-corrected chi connectivity index (χ3v) is 6.63. The van der Waals surface area contributed by atoms with Gasteiger partial charge in [0.2, 0.25) is 5.91 Å². The molecule has 1 amide bonds. The van der Waals surface area contributed by atoms with Gasteiger partial charge in [0.25, 0.3) is 0 Å². The average Bonchev–Trinajstić information content (AvgIpc) is 3.00. The zero-order valence-electron chi connectivity index (χ0n) is 16.7. The maximum Gasteiger partial charge on any atom is 0.227 e. The summed E-state index contributed by atoms with van der Waals surface area (Å²) in [4.78, 5) is 16.2. The van der Waals surface area contributed by atoms with E-state index in [-0.39, 0.29) is 11.7 Å². The molecule has 2 heterocycles. The topological polar surface area (TPSA) is 32.8 Å². The largest absolute Gasteiger partial charge is 0.454 e. The van der Waals surface area contributed by atoms with Crippen LogP contribution in [0.2, 0.25) is 0 Å². The van der Waals surface area contributed by atoms with Gasteiger partial charge in [0.05, 0.1) is 0 Å². The van der Waals surface area contributed by atoms with Gasteiger partial charge < -0.3 is 9.64 Å². The van der Waals surface area contributed by atoms with Crippen molar-refractivity contribution in [2.24, 2.45) is 0 Å². The average molecular weight is 394 g/mol. The summed E-state index contributed by atoms with van der Waals surface area (Å²) >= 11 is 0. The van der Waals surface area contributed by atoms with Crippen LogP contribution in [0.4, 0.5) is 10.1 Å². The van der Waals surface area contributed by atoms with Gasteiger partial charge in [-0.2, -0.15) is 0 Å². The molecule has 2 aromatic rings. The first kappa shape index (κ1) is 18.6. The fourth-order valence-corrected chi connectivity index (χ4v) is 4.69. The highest BCUT2D eigenvalue weighted by atomic mass is 19.1. The molecular weight excluding hydrogens is 367 g/mol. The van der Waals surface area contributed by atoms with Crippen molar-refractivity contribution in [3.8, 4) is 11.5 Å². The third kappa shape index (κ3) is 3.76. The highest BCUT2D eigenvalue weighted by molar-refractivity contribution is 5.95. The molecule has 152 valence electrons. The van der Waals surface area contributed by atoms with Crippen molar-refractivity contribution >= 4 is 11.6 Å². The Morgan fingerprint density at radius 1 is 0.897 bits per heavy atom. The lowest BCUT2D eigenvalue weighted by Gasteiger charge is -2.36. The summed E-state index contributed by atoms with van der Waals surface area (Å²) in [5, 5.41) is 0. The molecule has 1 saturated carbocycles. The number of rotatable bonds is 4. The van der Waals surface area contributed by atoms with E-state index in [9.17, 15) is 9.18 Å². The molecule has 2 aliphatic heterocycles. The van der Waals surface area contributed by atoms with E-state index in [2.05, 4.69) is 17.0 Å². The molecule has 0 aromatic heterocycles. The summed E-state index contributed by atoms with van der Waals surface area (Å²) in [5.41, 5.74) is 3.29. The fraction of sp³-hybridized carbons (Fsp3) is 0.458. The molecular formula is C24H27FN2O2. The SMILES string of the molecule is O=C1CCCN1c1ccc(Oc2ccc3c(c2)CCN(C2CCC2)CC3)c(F)c1. The van der Waals surface area contributed by atoms with E-state index in [0.29, 0.717) is 24.4 Å². The lowest BCUT2D eigenvalue weighted by atomic mass is 9.91. The first-order valence-electron chi connectivity index (χ1n) is 10.8. The Kier molecular flexibility index (Phi) is 5.00. The summed E-state index contributed by atoms with van der Waals surface area (Å²) in [6.07, 6.45) is 7.48. The van der Waals surface area contributed by atoms with Crippen molar-refractivity contribution in [3.05, 3.63) is 53.3 Å². The van der Waals surface area contributed by atoms with Crippen molar-refractivity contribution in [1.29, 1.82) is 0 Å². The lowest BCUT2D eigenvalue weighted by molar-refractivity contribution is -0.117. The van der Waals surface area contributed by atoms with Crippen molar-refractivity contribution in [2.75, 3.05) is 24.5 Å². The normalized spacial score (nSPS) is 20.3. The Labute approximate surface area is 171 Å². The first-order chi connectivity index (χ1) is 14.2.